The van der Waals surface area contributed by atoms with Gasteiger partial charge in [0, 0.05) is 38.0 Å². The number of ether oxygens (including phenoxy) is 2. The number of aromatic nitrogens is 3. The van der Waals surface area contributed by atoms with Crippen LogP contribution >= 0.6 is 0 Å². The Kier molecular flexibility index (Phi) is 5.83. The smallest absolute Gasteiger partial charge is 0.222 e. The molecule has 7 heteroatoms. The van der Waals surface area contributed by atoms with Gasteiger partial charge in [0.2, 0.25) is 5.91 Å². The van der Waals surface area contributed by atoms with Gasteiger partial charge in [-0.05, 0) is 19.4 Å². The van der Waals surface area contributed by atoms with Gasteiger partial charge in [-0.1, -0.05) is 18.2 Å². The van der Waals surface area contributed by atoms with E-state index in [2.05, 4.69) is 15.6 Å². The maximum absolute atomic E-state index is 12.5. The summed E-state index contributed by atoms with van der Waals surface area (Å²) in [5, 5.41) is 1.08. The summed E-state index contributed by atoms with van der Waals surface area (Å²) in [5.74, 6) is 1.08. The number of fused-ring (bicyclic) bond motifs is 3. The highest BCUT2D eigenvalue weighted by atomic mass is 16.5. The minimum absolute atomic E-state index is 0.200. The highest BCUT2D eigenvalue weighted by molar-refractivity contribution is 6.02. The molecule has 3 aromatic rings. The largest absolute Gasteiger partial charge is 0.378 e. The van der Waals surface area contributed by atoms with E-state index < -0.39 is 0 Å². The third kappa shape index (κ3) is 3.86. The lowest BCUT2D eigenvalue weighted by atomic mass is 10.2. The van der Waals surface area contributed by atoms with Gasteiger partial charge >= 0.3 is 0 Å². The van der Waals surface area contributed by atoms with E-state index in [1.54, 1.807) is 0 Å². The minimum Gasteiger partial charge on any atom is -0.378 e. The molecule has 0 aliphatic carbocycles. The number of carbonyl (C=O) groups is 1. The lowest BCUT2D eigenvalue weighted by Gasteiger charge is -2.26. The molecule has 0 spiro atoms. The first-order valence-corrected chi connectivity index (χ1v) is 9.94. The van der Waals surface area contributed by atoms with E-state index in [4.69, 9.17) is 14.5 Å². The molecule has 0 bridgehead atoms. The SMILES string of the molecule is CCOCc1nc2cnc3ccccc3c2n1CCCC(=O)N1CCOCC1. The number of nitrogens with zero attached hydrogens (tertiary/aromatic N) is 4. The second-order valence-electron chi connectivity index (χ2n) is 6.92. The fourth-order valence-corrected chi connectivity index (χ4v) is 3.71. The van der Waals surface area contributed by atoms with Crippen molar-refractivity contribution in [3.8, 4) is 0 Å². The number of rotatable bonds is 7. The molecule has 0 unspecified atom stereocenters. The molecule has 7 nitrogen and oxygen atoms in total. The molecule has 148 valence electrons. The molecule has 1 amide bonds. The third-order valence-corrected chi connectivity index (χ3v) is 5.13. The Morgan fingerprint density at radius 1 is 1.21 bits per heavy atom. The molecular formula is C21H26N4O3. The molecule has 28 heavy (non-hydrogen) atoms. The number of morpholine rings is 1. The van der Waals surface area contributed by atoms with Gasteiger partial charge in [0.1, 0.15) is 17.9 Å². The van der Waals surface area contributed by atoms with E-state index in [-0.39, 0.29) is 5.91 Å². The summed E-state index contributed by atoms with van der Waals surface area (Å²) in [6.45, 7) is 6.45. The molecule has 1 saturated heterocycles. The van der Waals surface area contributed by atoms with Crippen molar-refractivity contribution in [1.82, 2.24) is 19.4 Å². The highest BCUT2D eigenvalue weighted by Crippen LogP contribution is 2.25. The molecule has 0 radical (unpaired) electrons. The Labute approximate surface area is 164 Å². The van der Waals surface area contributed by atoms with E-state index in [0.29, 0.717) is 45.9 Å². The van der Waals surface area contributed by atoms with Crippen molar-refractivity contribution in [2.45, 2.75) is 32.9 Å². The van der Waals surface area contributed by atoms with Gasteiger partial charge in [-0.25, -0.2) is 4.98 Å². The summed E-state index contributed by atoms with van der Waals surface area (Å²) in [4.78, 5) is 23.6. The van der Waals surface area contributed by atoms with E-state index in [1.807, 2.05) is 36.2 Å². The lowest BCUT2D eigenvalue weighted by Crippen LogP contribution is -2.40. The van der Waals surface area contributed by atoms with Crippen molar-refractivity contribution in [1.29, 1.82) is 0 Å². The number of hydrogen-bond acceptors (Lipinski definition) is 5. The number of para-hydroxylation sites is 1. The lowest BCUT2D eigenvalue weighted by molar-refractivity contribution is -0.135. The van der Waals surface area contributed by atoms with Gasteiger partial charge in [0.15, 0.2) is 0 Å². The topological polar surface area (TPSA) is 69.5 Å². The Balaban J connectivity index is 1.58. The van der Waals surface area contributed by atoms with E-state index in [1.165, 1.54) is 0 Å². The Morgan fingerprint density at radius 3 is 2.86 bits per heavy atom. The summed E-state index contributed by atoms with van der Waals surface area (Å²) in [6, 6.07) is 8.09. The zero-order chi connectivity index (χ0) is 19.3. The summed E-state index contributed by atoms with van der Waals surface area (Å²) in [6.07, 6.45) is 3.11. The zero-order valence-electron chi connectivity index (χ0n) is 16.3. The number of hydrogen-bond donors (Lipinski definition) is 0. The van der Waals surface area contributed by atoms with E-state index >= 15 is 0 Å². The van der Waals surface area contributed by atoms with Crippen LogP contribution < -0.4 is 0 Å². The van der Waals surface area contributed by atoms with Gasteiger partial charge < -0.3 is 18.9 Å². The summed E-state index contributed by atoms with van der Waals surface area (Å²) in [7, 11) is 0. The molecule has 0 N–H and O–H groups in total. The molecular weight excluding hydrogens is 356 g/mol. The molecule has 1 aliphatic heterocycles. The van der Waals surface area contributed by atoms with Crippen molar-refractivity contribution in [2.75, 3.05) is 32.9 Å². The number of aryl methyl sites for hydroxylation is 1. The molecule has 2 aromatic heterocycles. The van der Waals surface area contributed by atoms with Gasteiger partial charge in [-0.3, -0.25) is 9.78 Å². The minimum atomic E-state index is 0.200. The Hall–Kier alpha value is -2.51. The average molecular weight is 382 g/mol. The molecule has 3 heterocycles. The van der Waals surface area contributed by atoms with E-state index in [0.717, 1.165) is 40.7 Å². The van der Waals surface area contributed by atoms with Gasteiger partial charge in [0.25, 0.3) is 0 Å². The first kappa shape index (κ1) is 18.8. The number of carbonyl (C=O) groups excluding carboxylic acids is 1. The highest BCUT2D eigenvalue weighted by Gasteiger charge is 2.18. The van der Waals surface area contributed by atoms with Crippen molar-refractivity contribution in [3.63, 3.8) is 0 Å². The van der Waals surface area contributed by atoms with Crippen molar-refractivity contribution >= 4 is 27.8 Å². The average Bonchev–Trinajstić information content (AvgIpc) is 3.10. The maximum Gasteiger partial charge on any atom is 0.222 e. The molecule has 1 aliphatic rings. The van der Waals surface area contributed by atoms with Crippen LogP contribution in [-0.4, -0.2) is 58.3 Å². The monoisotopic (exact) mass is 382 g/mol. The van der Waals surface area contributed by atoms with Crippen LogP contribution in [0.15, 0.2) is 30.5 Å². The molecule has 0 saturated carbocycles. The number of benzene rings is 1. The fraction of sp³-hybridized carbons (Fsp3) is 0.476. The Bertz CT molecular complexity index is 963. The number of imidazole rings is 1. The van der Waals surface area contributed by atoms with Crippen LogP contribution in [-0.2, 0) is 27.4 Å². The van der Waals surface area contributed by atoms with E-state index in [9.17, 15) is 4.79 Å². The Morgan fingerprint density at radius 2 is 2.04 bits per heavy atom. The van der Waals surface area contributed by atoms with Crippen LogP contribution in [0, 0.1) is 0 Å². The van der Waals surface area contributed by atoms with Crippen LogP contribution in [0.5, 0.6) is 0 Å². The molecule has 0 atom stereocenters. The number of pyridine rings is 1. The summed E-state index contributed by atoms with van der Waals surface area (Å²) >= 11 is 0. The van der Waals surface area contributed by atoms with Crippen molar-refractivity contribution < 1.29 is 14.3 Å². The quantitative estimate of drug-likeness (QED) is 0.628. The second-order valence-corrected chi connectivity index (χ2v) is 6.92. The van der Waals surface area contributed by atoms with Crippen LogP contribution in [0.2, 0.25) is 0 Å². The first-order valence-electron chi connectivity index (χ1n) is 9.94. The normalized spacial score (nSPS) is 14.8. The van der Waals surface area contributed by atoms with Crippen LogP contribution in [0.3, 0.4) is 0 Å². The maximum atomic E-state index is 12.5. The van der Waals surface area contributed by atoms with Crippen LogP contribution in [0.25, 0.3) is 21.9 Å². The summed E-state index contributed by atoms with van der Waals surface area (Å²) < 4.78 is 13.2. The predicted molar refractivity (Wildman–Crippen MR) is 107 cm³/mol. The predicted octanol–water partition coefficient (Wildman–Crippen LogP) is 2.76. The third-order valence-electron chi connectivity index (χ3n) is 5.13. The first-order chi connectivity index (χ1) is 13.8. The standard InChI is InChI=1S/C21H26N4O3/c1-2-27-15-19-23-18-14-22-17-7-4-3-6-16(17)21(18)25(19)9-5-8-20(26)24-10-12-28-13-11-24/h3-4,6-7,14H,2,5,8-13,15H2,1H3. The van der Waals surface area contributed by atoms with Crippen molar-refractivity contribution in [2.24, 2.45) is 0 Å². The summed E-state index contributed by atoms with van der Waals surface area (Å²) in [5.41, 5.74) is 2.88. The van der Waals surface area contributed by atoms with Crippen LogP contribution in [0.1, 0.15) is 25.6 Å². The molecule has 1 fully saturated rings. The zero-order valence-corrected chi connectivity index (χ0v) is 16.3. The fourth-order valence-electron chi connectivity index (χ4n) is 3.71. The van der Waals surface area contributed by atoms with Crippen molar-refractivity contribution in [3.05, 3.63) is 36.3 Å². The van der Waals surface area contributed by atoms with Gasteiger partial charge in [-0.15, -0.1) is 0 Å². The molecule has 1 aromatic carbocycles. The van der Waals surface area contributed by atoms with Gasteiger partial charge in [-0.2, -0.15) is 0 Å². The van der Waals surface area contributed by atoms with Gasteiger partial charge in [0.05, 0.1) is 30.4 Å². The molecule has 4 rings (SSSR count). The van der Waals surface area contributed by atoms with Crippen LogP contribution in [0.4, 0.5) is 0 Å². The second kappa shape index (κ2) is 8.67. The number of amides is 1.